The average molecular weight is 252 g/mol. The summed E-state index contributed by atoms with van der Waals surface area (Å²) in [6.45, 7) is 7.47. The zero-order chi connectivity index (χ0) is 12.6. The molecule has 0 radical (unpaired) electrons. The van der Waals surface area contributed by atoms with Crippen molar-refractivity contribution in [2.75, 3.05) is 26.2 Å². The highest BCUT2D eigenvalue weighted by Crippen LogP contribution is 2.23. The zero-order valence-electron chi connectivity index (χ0n) is 12.3. The number of nitrogens with zero attached hydrogens (tertiary/aromatic N) is 1. The molecule has 2 fully saturated rings. The maximum Gasteiger partial charge on any atom is 0.00952 e. The molecule has 1 aliphatic carbocycles. The smallest absolute Gasteiger partial charge is 0.00952 e. The van der Waals surface area contributed by atoms with Gasteiger partial charge in [-0.25, -0.2) is 0 Å². The van der Waals surface area contributed by atoms with Gasteiger partial charge in [-0.3, -0.25) is 0 Å². The van der Waals surface area contributed by atoms with Gasteiger partial charge in [0.25, 0.3) is 0 Å². The lowest BCUT2D eigenvalue weighted by atomic mass is 9.92. The van der Waals surface area contributed by atoms with E-state index >= 15 is 0 Å². The van der Waals surface area contributed by atoms with E-state index in [0.29, 0.717) is 0 Å². The predicted octanol–water partition coefficient (Wildman–Crippen LogP) is 3.42. The van der Waals surface area contributed by atoms with Crippen LogP contribution >= 0.6 is 0 Å². The predicted molar refractivity (Wildman–Crippen MR) is 78.9 cm³/mol. The van der Waals surface area contributed by atoms with Gasteiger partial charge in [-0.1, -0.05) is 39.0 Å². The van der Waals surface area contributed by atoms with Crippen LogP contribution in [0, 0.1) is 5.92 Å². The molecule has 0 unspecified atom stereocenters. The van der Waals surface area contributed by atoms with Crippen molar-refractivity contribution in [1.29, 1.82) is 0 Å². The van der Waals surface area contributed by atoms with E-state index in [9.17, 15) is 0 Å². The van der Waals surface area contributed by atoms with Gasteiger partial charge in [0, 0.05) is 12.6 Å². The number of hydrogen-bond donors (Lipinski definition) is 1. The monoisotopic (exact) mass is 252 g/mol. The molecule has 2 aliphatic rings. The second-order valence-electron chi connectivity index (χ2n) is 6.28. The second-order valence-corrected chi connectivity index (χ2v) is 6.28. The van der Waals surface area contributed by atoms with Gasteiger partial charge in [0.2, 0.25) is 0 Å². The van der Waals surface area contributed by atoms with E-state index < -0.39 is 0 Å². The minimum absolute atomic E-state index is 0.894. The Morgan fingerprint density at radius 2 is 1.50 bits per heavy atom. The summed E-state index contributed by atoms with van der Waals surface area (Å²) in [5, 5.41) is 3.49. The molecule has 106 valence electrons. The first kappa shape index (κ1) is 14.3. The average Bonchev–Trinajstić information content (AvgIpc) is 2.37. The molecule has 1 saturated carbocycles. The lowest BCUT2D eigenvalue weighted by Gasteiger charge is -2.36. The topological polar surface area (TPSA) is 15.3 Å². The van der Waals surface area contributed by atoms with E-state index in [1.807, 2.05) is 0 Å². The summed E-state index contributed by atoms with van der Waals surface area (Å²) in [6.07, 6.45) is 13.1. The summed E-state index contributed by atoms with van der Waals surface area (Å²) in [7, 11) is 0. The van der Waals surface area contributed by atoms with Gasteiger partial charge in [0.1, 0.15) is 0 Å². The van der Waals surface area contributed by atoms with Gasteiger partial charge in [-0.2, -0.15) is 0 Å². The molecule has 0 aromatic heterocycles. The van der Waals surface area contributed by atoms with E-state index in [0.717, 1.165) is 12.0 Å². The SMILES string of the molecule is CCN(CC1CCNCC1)C1CCCCCCC1. The van der Waals surface area contributed by atoms with Crippen molar-refractivity contribution in [2.24, 2.45) is 5.92 Å². The third kappa shape index (κ3) is 4.55. The number of rotatable bonds is 4. The lowest BCUT2D eigenvalue weighted by molar-refractivity contribution is 0.137. The molecule has 0 spiro atoms. The first-order valence-electron chi connectivity index (χ1n) is 8.35. The van der Waals surface area contributed by atoms with Crippen LogP contribution in [0.3, 0.4) is 0 Å². The van der Waals surface area contributed by atoms with E-state index in [-0.39, 0.29) is 0 Å². The van der Waals surface area contributed by atoms with Crippen molar-refractivity contribution in [3.63, 3.8) is 0 Å². The Bertz CT molecular complexity index is 203. The van der Waals surface area contributed by atoms with Gasteiger partial charge in [0.05, 0.1) is 0 Å². The van der Waals surface area contributed by atoms with Crippen LogP contribution in [0.2, 0.25) is 0 Å². The maximum atomic E-state index is 3.49. The van der Waals surface area contributed by atoms with Crippen molar-refractivity contribution in [3.05, 3.63) is 0 Å². The van der Waals surface area contributed by atoms with E-state index in [2.05, 4.69) is 17.1 Å². The molecular formula is C16H32N2. The molecule has 1 aliphatic heterocycles. The maximum absolute atomic E-state index is 3.49. The van der Waals surface area contributed by atoms with Crippen LogP contribution in [-0.2, 0) is 0 Å². The van der Waals surface area contributed by atoms with Gasteiger partial charge < -0.3 is 10.2 Å². The molecule has 2 rings (SSSR count). The van der Waals surface area contributed by atoms with Crippen molar-refractivity contribution in [1.82, 2.24) is 10.2 Å². The van der Waals surface area contributed by atoms with Crippen LogP contribution in [0.1, 0.15) is 64.7 Å². The summed E-state index contributed by atoms with van der Waals surface area (Å²) in [5.74, 6) is 0.955. The molecule has 2 heteroatoms. The Morgan fingerprint density at radius 1 is 0.889 bits per heavy atom. The summed E-state index contributed by atoms with van der Waals surface area (Å²) >= 11 is 0. The molecular weight excluding hydrogens is 220 g/mol. The molecule has 0 amide bonds. The van der Waals surface area contributed by atoms with E-state index in [1.165, 1.54) is 84.0 Å². The fourth-order valence-corrected chi connectivity index (χ4v) is 3.73. The minimum Gasteiger partial charge on any atom is -0.317 e. The summed E-state index contributed by atoms with van der Waals surface area (Å²) in [6, 6.07) is 0.894. The van der Waals surface area contributed by atoms with Crippen LogP contribution in [0.25, 0.3) is 0 Å². The summed E-state index contributed by atoms with van der Waals surface area (Å²) in [5.41, 5.74) is 0. The lowest BCUT2D eigenvalue weighted by Crippen LogP contribution is -2.41. The molecule has 18 heavy (non-hydrogen) atoms. The molecule has 1 N–H and O–H groups in total. The molecule has 2 nitrogen and oxygen atoms in total. The van der Waals surface area contributed by atoms with Crippen molar-refractivity contribution in [3.8, 4) is 0 Å². The molecule has 0 aromatic rings. The highest BCUT2D eigenvalue weighted by molar-refractivity contribution is 4.78. The largest absolute Gasteiger partial charge is 0.317 e. The molecule has 1 heterocycles. The summed E-state index contributed by atoms with van der Waals surface area (Å²) < 4.78 is 0. The molecule has 1 saturated heterocycles. The van der Waals surface area contributed by atoms with Crippen molar-refractivity contribution < 1.29 is 0 Å². The third-order valence-electron chi connectivity index (χ3n) is 4.95. The van der Waals surface area contributed by atoms with Gasteiger partial charge in [-0.05, 0) is 51.2 Å². The highest BCUT2D eigenvalue weighted by Gasteiger charge is 2.22. The second kappa shape index (κ2) is 8.16. The van der Waals surface area contributed by atoms with Crippen LogP contribution in [0.4, 0.5) is 0 Å². The zero-order valence-corrected chi connectivity index (χ0v) is 12.3. The van der Waals surface area contributed by atoms with Gasteiger partial charge in [0.15, 0.2) is 0 Å². The van der Waals surface area contributed by atoms with Crippen molar-refractivity contribution >= 4 is 0 Å². The quantitative estimate of drug-likeness (QED) is 0.825. The van der Waals surface area contributed by atoms with Crippen LogP contribution in [0.15, 0.2) is 0 Å². The normalized spacial score (nSPS) is 25.0. The minimum atomic E-state index is 0.894. The first-order chi connectivity index (χ1) is 8.90. The first-order valence-corrected chi connectivity index (χ1v) is 8.35. The Morgan fingerprint density at radius 3 is 2.11 bits per heavy atom. The van der Waals surface area contributed by atoms with E-state index in [4.69, 9.17) is 0 Å². The fourth-order valence-electron chi connectivity index (χ4n) is 3.73. The van der Waals surface area contributed by atoms with Crippen LogP contribution in [-0.4, -0.2) is 37.1 Å². The van der Waals surface area contributed by atoms with Crippen molar-refractivity contribution in [2.45, 2.75) is 70.8 Å². The molecule has 0 aromatic carbocycles. The third-order valence-corrected chi connectivity index (χ3v) is 4.95. The Labute approximate surface area is 114 Å². The number of nitrogens with one attached hydrogen (secondary N) is 1. The van der Waals surface area contributed by atoms with E-state index in [1.54, 1.807) is 0 Å². The Balaban J connectivity index is 1.81. The van der Waals surface area contributed by atoms with Crippen LogP contribution in [0.5, 0.6) is 0 Å². The Hall–Kier alpha value is -0.0800. The van der Waals surface area contributed by atoms with Gasteiger partial charge >= 0.3 is 0 Å². The van der Waals surface area contributed by atoms with Gasteiger partial charge in [-0.15, -0.1) is 0 Å². The summed E-state index contributed by atoms with van der Waals surface area (Å²) in [4.78, 5) is 2.81. The standard InChI is InChI=1S/C16H32N2/c1-2-18(14-15-10-12-17-13-11-15)16-8-6-4-3-5-7-9-16/h15-17H,2-14H2,1H3. The Kier molecular flexibility index (Phi) is 6.50. The molecule has 0 atom stereocenters. The highest BCUT2D eigenvalue weighted by atomic mass is 15.2. The van der Waals surface area contributed by atoms with Crippen LogP contribution < -0.4 is 5.32 Å². The number of hydrogen-bond acceptors (Lipinski definition) is 2. The molecule has 0 bridgehead atoms. The number of piperidine rings is 1. The fraction of sp³-hybridized carbons (Fsp3) is 1.00.